The molecular formula is C32H34F3N7O5. The molecule has 1 fully saturated rings. The summed E-state index contributed by atoms with van der Waals surface area (Å²) in [5, 5.41) is 4.18. The van der Waals surface area contributed by atoms with E-state index in [0.29, 0.717) is 5.75 Å². The predicted molar refractivity (Wildman–Crippen MR) is 170 cm³/mol. The Labute approximate surface area is 268 Å². The summed E-state index contributed by atoms with van der Waals surface area (Å²) in [5.74, 6) is -2.50. The van der Waals surface area contributed by atoms with E-state index < -0.39 is 41.1 Å². The number of methoxy groups -OCH3 is 2. The third kappa shape index (κ3) is 6.65. The number of ether oxygens (including phenoxy) is 2. The molecule has 1 aliphatic heterocycles. The number of hydrogen-bond acceptors (Lipinski definition) is 8. The fourth-order valence-electron chi connectivity index (χ4n) is 5.45. The number of piperazine rings is 1. The number of nitrogens with two attached hydrogens (primary N) is 1. The second-order valence-corrected chi connectivity index (χ2v) is 11.0. The van der Waals surface area contributed by atoms with Crippen LogP contribution in [0.25, 0.3) is 10.9 Å². The summed E-state index contributed by atoms with van der Waals surface area (Å²) in [6, 6.07) is 9.00. The summed E-state index contributed by atoms with van der Waals surface area (Å²) in [6.07, 6.45) is 0. The van der Waals surface area contributed by atoms with Gasteiger partial charge in [0, 0.05) is 30.9 Å². The molecule has 0 spiro atoms. The van der Waals surface area contributed by atoms with E-state index in [9.17, 15) is 27.6 Å². The molecule has 3 N–H and O–H groups in total. The minimum absolute atomic E-state index is 0.00704. The molecule has 5 rings (SSSR count). The van der Waals surface area contributed by atoms with Crippen molar-refractivity contribution in [1.82, 2.24) is 14.6 Å². The Balaban J connectivity index is 1.67. The van der Waals surface area contributed by atoms with E-state index in [1.165, 1.54) is 48.1 Å². The highest BCUT2D eigenvalue weighted by atomic mass is 19.2. The number of fused-ring (bicyclic) bond motifs is 1. The predicted octanol–water partition coefficient (Wildman–Crippen LogP) is 3.76. The Morgan fingerprint density at radius 3 is 2.21 bits per heavy atom. The lowest BCUT2D eigenvalue weighted by Crippen LogP contribution is -2.58. The van der Waals surface area contributed by atoms with E-state index >= 15 is 0 Å². The zero-order valence-corrected chi connectivity index (χ0v) is 26.2. The molecule has 0 radical (unpaired) electrons. The van der Waals surface area contributed by atoms with Gasteiger partial charge >= 0.3 is 6.03 Å². The molecular weight excluding hydrogens is 619 g/mol. The number of nitrogens with zero attached hydrogens (tertiary/aromatic N) is 5. The van der Waals surface area contributed by atoms with Crippen LogP contribution in [-0.4, -0.2) is 72.9 Å². The summed E-state index contributed by atoms with van der Waals surface area (Å²) in [7, 11) is 2.88. The average molecular weight is 654 g/mol. The van der Waals surface area contributed by atoms with Crippen LogP contribution in [0.1, 0.15) is 25.7 Å². The van der Waals surface area contributed by atoms with Gasteiger partial charge in [-0.05, 0) is 56.3 Å². The van der Waals surface area contributed by atoms with Gasteiger partial charge in [0.05, 0.1) is 56.0 Å². The van der Waals surface area contributed by atoms with Gasteiger partial charge in [-0.1, -0.05) is 0 Å². The second-order valence-electron chi connectivity index (χ2n) is 11.0. The summed E-state index contributed by atoms with van der Waals surface area (Å²) in [6.45, 7) is 3.97. The Morgan fingerprint density at radius 1 is 0.936 bits per heavy atom. The van der Waals surface area contributed by atoms with E-state index in [1.807, 2.05) is 0 Å². The summed E-state index contributed by atoms with van der Waals surface area (Å²) in [4.78, 5) is 48.2. The molecule has 47 heavy (non-hydrogen) atoms. The molecule has 0 aliphatic carbocycles. The molecule has 1 saturated heterocycles. The number of benzene rings is 3. The lowest BCUT2D eigenvalue weighted by atomic mass is 10.1. The van der Waals surface area contributed by atoms with Gasteiger partial charge in [-0.15, -0.1) is 0 Å². The highest BCUT2D eigenvalue weighted by molar-refractivity contribution is 6.03. The second kappa shape index (κ2) is 13.6. The topological polar surface area (TPSA) is 135 Å². The fraction of sp³-hybridized carbons (Fsp3) is 0.312. The molecule has 248 valence electrons. The first-order valence-electron chi connectivity index (χ1n) is 14.7. The largest absolute Gasteiger partial charge is 0.497 e. The van der Waals surface area contributed by atoms with Crippen molar-refractivity contribution in [2.45, 2.75) is 25.9 Å². The van der Waals surface area contributed by atoms with E-state index in [2.05, 4.69) is 10.3 Å². The molecule has 3 amide bonds. The lowest BCUT2D eigenvalue weighted by Gasteiger charge is -2.39. The number of hydrogen-bond donors (Lipinski definition) is 2. The van der Waals surface area contributed by atoms with Crippen molar-refractivity contribution in [2.24, 2.45) is 5.73 Å². The van der Waals surface area contributed by atoms with E-state index in [0.717, 1.165) is 12.1 Å². The first-order valence-corrected chi connectivity index (χ1v) is 14.7. The van der Waals surface area contributed by atoms with Gasteiger partial charge in [0.1, 0.15) is 17.3 Å². The molecule has 2 heterocycles. The third-order valence-electron chi connectivity index (χ3n) is 7.88. The first kappa shape index (κ1) is 33.1. The minimum Gasteiger partial charge on any atom is -0.497 e. The van der Waals surface area contributed by atoms with Crippen LogP contribution >= 0.6 is 0 Å². The number of urea groups is 1. The van der Waals surface area contributed by atoms with Gasteiger partial charge in [0.15, 0.2) is 17.5 Å². The Bertz CT molecular complexity index is 1860. The number of anilines is 2. The van der Waals surface area contributed by atoms with Gasteiger partial charge in [-0.2, -0.15) is 0 Å². The zero-order valence-electron chi connectivity index (χ0n) is 26.2. The standard InChI is InChI=1S/C32H34F3N7O5/c1-18(36)30(43)39-11-13-40(14-12-39)42-29(38-26-17-25(35)24(34)16-23(26)31(42)44)19(2)41(27-10-9-22(46-3)15-28(27)47-4)32(45)37-21-7-5-20(33)6-8-21/h5-10,15-19H,11-14,36H2,1-4H3,(H,37,45). The summed E-state index contributed by atoms with van der Waals surface area (Å²) >= 11 is 0. The van der Waals surface area contributed by atoms with Crippen LogP contribution in [-0.2, 0) is 4.79 Å². The minimum atomic E-state index is -1.22. The number of nitrogens with one attached hydrogen (secondary N) is 1. The molecule has 2 unspecified atom stereocenters. The number of carbonyl (C=O) groups excluding carboxylic acids is 2. The highest BCUT2D eigenvalue weighted by Gasteiger charge is 2.33. The highest BCUT2D eigenvalue weighted by Crippen LogP contribution is 2.37. The van der Waals surface area contributed by atoms with Crippen molar-refractivity contribution in [3.8, 4) is 11.5 Å². The molecule has 1 aromatic heterocycles. The van der Waals surface area contributed by atoms with Crippen molar-refractivity contribution in [2.75, 3.05) is 55.6 Å². The maximum Gasteiger partial charge on any atom is 0.327 e. The van der Waals surface area contributed by atoms with Crippen LogP contribution in [0.5, 0.6) is 11.5 Å². The Morgan fingerprint density at radius 2 is 1.60 bits per heavy atom. The van der Waals surface area contributed by atoms with E-state index in [-0.39, 0.29) is 65.9 Å². The zero-order chi connectivity index (χ0) is 34.0. The number of halogens is 3. The maximum absolute atomic E-state index is 14.4. The number of aromatic nitrogens is 2. The average Bonchev–Trinajstić information content (AvgIpc) is 3.06. The van der Waals surface area contributed by atoms with Gasteiger partial charge in [0.2, 0.25) is 5.91 Å². The van der Waals surface area contributed by atoms with Crippen molar-refractivity contribution < 1.29 is 32.2 Å². The van der Waals surface area contributed by atoms with E-state index in [1.54, 1.807) is 42.0 Å². The van der Waals surface area contributed by atoms with Gasteiger partial charge in [0.25, 0.3) is 5.56 Å². The molecule has 0 saturated carbocycles. The molecule has 0 bridgehead atoms. The number of carbonyl (C=O) groups is 2. The van der Waals surface area contributed by atoms with Gasteiger partial charge in [-0.3, -0.25) is 14.5 Å². The number of amides is 3. The SMILES string of the molecule is COc1ccc(N(C(=O)Nc2ccc(F)cc2)C(C)c2nc3cc(F)c(F)cc3c(=O)n2N2CCN(C(=O)C(C)N)CC2)c(OC)c1. The molecule has 4 aromatic rings. The van der Waals surface area contributed by atoms with Crippen LogP contribution < -0.4 is 36.0 Å². The normalized spacial score (nSPS) is 14.5. The molecule has 1 aliphatic rings. The first-order chi connectivity index (χ1) is 22.4. The van der Waals surface area contributed by atoms with Crippen LogP contribution in [0.3, 0.4) is 0 Å². The Hall–Kier alpha value is -5.31. The fourth-order valence-corrected chi connectivity index (χ4v) is 5.45. The van der Waals surface area contributed by atoms with Crippen LogP contribution in [0.2, 0.25) is 0 Å². The molecule has 2 atom stereocenters. The Kier molecular flexibility index (Phi) is 9.56. The van der Waals surface area contributed by atoms with Crippen molar-refractivity contribution in [1.29, 1.82) is 0 Å². The van der Waals surface area contributed by atoms with Gasteiger partial charge < -0.3 is 30.4 Å². The van der Waals surface area contributed by atoms with Crippen molar-refractivity contribution in [3.05, 3.63) is 88.2 Å². The van der Waals surface area contributed by atoms with Crippen LogP contribution in [0.4, 0.5) is 29.3 Å². The van der Waals surface area contributed by atoms with E-state index in [4.69, 9.17) is 15.2 Å². The lowest BCUT2D eigenvalue weighted by molar-refractivity contribution is -0.132. The summed E-state index contributed by atoms with van der Waals surface area (Å²) in [5.41, 5.74) is 5.49. The van der Waals surface area contributed by atoms with Crippen molar-refractivity contribution >= 4 is 34.2 Å². The van der Waals surface area contributed by atoms with Crippen LogP contribution in [0.15, 0.2) is 59.4 Å². The van der Waals surface area contributed by atoms with Crippen molar-refractivity contribution in [3.63, 3.8) is 0 Å². The number of rotatable bonds is 8. The smallest absolute Gasteiger partial charge is 0.327 e. The van der Waals surface area contributed by atoms with Gasteiger partial charge in [-0.25, -0.2) is 27.6 Å². The molecule has 3 aromatic carbocycles. The third-order valence-corrected chi connectivity index (χ3v) is 7.88. The monoisotopic (exact) mass is 653 g/mol. The molecule has 15 heteroatoms. The van der Waals surface area contributed by atoms with Crippen LogP contribution in [0, 0.1) is 17.5 Å². The maximum atomic E-state index is 14.4. The quantitative estimate of drug-likeness (QED) is 0.294. The summed E-state index contributed by atoms with van der Waals surface area (Å²) < 4.78 is 54.6. The molecule has 12 nitrogen and oxygen atoms in total.